The molecule has 3 rings (SSSR count). The molecule has 1 aliphatic rings. The third kappa shape index (κ3) is 3.37. The van der Waals surface area contributed by atoms with Crippen LogP contribution in [0.3, 0.4) is 0 Å². The molecule has 0 spiro atoms. The third-order valence-corrected chi connectivity index (χ3v) is 4.64. The van der Waals surface area contributed by atoms with Crippen LogP contribution in [0.4, 0.5) is 10.1 Å². The van der Waals surface area contributed by atoms with Gasteiger partial charge in [0.2, 0.25) is 5.91 Å². The summed E-state index contributed by atoms with van der Waals surface area (Å²) in [4.78, 5) is 26.4. The van der Waals surface area contributed by atoms with E-state index in [1.54, 1.807) is 37.4 Å². The van der Waals surface area contributed by atoms with Gasteiger partial charge >= 0.3 is 0 Å². The Labute approximate surface area is 137 Å². The molecule has 1 heterocycles. The topological polar surface area (TPSA) is 49.4 Å². The Morgan fingerprint density at radius 3 is 2.87 bits per heavy atom. The first-order chi connectivity index (χ1) is 11.0. The lowest BCUT2D eigenvalue weighted by atomic mass is 10.1. The van der Waals surface area contributed by atoms with Gasteiger partial charge in [0.15, 0.2) is 0 Å². The molecule has 0 saturated heterocycles. The molecule has 2 amide bonds. The van der Waals surface area contributed by atoms with E-state index in [2.05, 4.69) is 5.32 Å². The average Bonchev–Trinajstić information content (AvgIpc) is 2.55. The summed E-state index contributed by atoms with van der Waals surface area (Å²) in [5.41, 5.74) is 1.58. The number of hydrogen-bond acceptors (Lipinski definition) is 3. The molecule has 4 nitrogen and oxygen atoms in total. The predicted molar refractivity (Wildman–Crippen MR) is 88.0 cm³/mol. The number of carbonyl (C=O) groups is 2. The molecule has 2 aromatic rings. The van der Waals surface area contributed by atoms with E-state index >= 15 is 0 Å². The number of nitrogens with one attached hydrogen (secondary N) is 1. The fraction of sp³-hybridized carbons (Fsp3) is 0.176. The number of fused-ring (bicyclic) bond motifs is 1. The second-order valence-corrected chi connectivity index (χ2v) is 6.32. The molecule has 0 bridgehead atoms. The van der Waals surface area contributed by atoms with Crippen molar-refractivity contribution in [2.24, 2.45) is 0 Å². The van der Waals surface area contributed by atoms with E-state index in [-0.39, 0.29) is 24.2 Å². The Morgan fingerprint density at radius 2 is 2.09 bits per heavy atom. The van der Waals surface area contributed by atoms with Gasteiger partial charge in [0.1, 0.15) is 5.82 Å². The van der Waals surface area contributed by atoms with Crippen LogP contribution < -0.4 is 5.32 Å². The van der Waals surface area contributed by atoms with Crippen molar-refractivity contribution in [3.8, 4) is 0 Å². The first kappa shape index (κ1) is 15.6. The maximum atomic E-state index is 13.7. The highest BCUT2D eigenvalue weighted by Gasteiger charge is 2.19. The van der Waals surface area contributed by atoms with Crippen molar-refractivity contribution in [3.05, 3.63) is 59.4 Å². The monoisotopic (exact) mass is 330 g/mol. The van der Waals surface area contributed by atoms with Crippen molar-refractivity contribution in [2.75, 3.05) is 18.1 Å². The molecule has 23 heavy (non-hydrogen) atoms. The van der Waals surface area contributed by atoms with Gasteiger partial charge in [-0.25, -0.2) is 4.39 Å². The molecule has 0 aromatic heterocycles. The first-order valence-electron chi connectivity index (χ1n) is 7.10. The number of anilines is 1. The molecule has 0 fully saturated rings. The van der Waals surface area contributed by atoms with Crippen LogP contribution in [0.15, 0.2) is 47.4 Å². The fourth-order valence-corrected chi connectivity index (χ4v) is 3.18. The zero-order chi connectivity index (χ0) is 16.4. The number of hydrogen-bond donors (Lipinski definition) is 1. The smallest absolute Gasteiger partial charge is 0.253 e. The third-order valence-electron chi connectivity index (χ3n) is 3.57. The summed E-state index contributed by atoms with van der Waals surface area (Å²) >= 11 is 1.44. The van der Waals surface area contributed by atoms with Crippen LogP contribution in [-0.2, 0) is 11.3 Å². The van der Waals surface area contributed by atoms with Gasteiger partial charge in [-0.05, 0) is 24.3 Å². The molecule has 0 radical (unpaired) electrons. The molecular weight excluding hydrogens is 315 g/mol. The summed E-state index contributed by atoms with van der Waals surface area (Å²) in [7, 11) is 1.63. The van der Waals surface area contributed by atoms with Crippen LogP contribution in [-0.4, -0.2) is 29.5 Å². The van der Waals surface area contributed by atoms with E-state index in [9.17, 15) is 14.0 Å². The molecule has 0 saturated carbocycles. The van der Waals surface area contributed by atoms with Crippen molar-refractivity contribution >= 4 is 29.3 Å². The van der Waals surface area contributed by atoms with Crippen LogP contribution in [0, 0.1) is 5.82 Å². The van der Waals surface area contributed by atoms with Crippen molar-refractivity contribution in [1.82, 2.24) is 4.90 Å². The second-order valence-electron chi connectivity index (χ2n) is 5.30. The second kappa shape index (κ2) is 6.42. The van der Waals surface area contributed by atoms with E-state index in [4.69, 9.17) is 0 Å². The van der Waals surface area contributed by atoms with E-state index in [0.29, 0.717) is 22.6 Å². The SMILES string of the molecule is CN(Cc1ccccc1F)C(=O)c1ccc2c(c1)NC(=O)CS2. The van der Waals surface area contributed by atoms with Crippen LogP contribution in [0.2, 0.25) is 0 Å². The standard InChI is InChI=1S/C17H15FN2O2S/c1-20(9-12-4-2-3-5-13(12)18)17(22)11-6-7-15-14(8-11)19-16(21)10-23-15/h2-8H,9-10H2,1H3,(H,19,21). The Morgan fingerprint density at radius 1 is 1.30 bits per heavy atom. The molecule has 1 aliphatic heterocycles. The highest BCUT2D eigenvalue weighted by Crippen LogP contribution is 2.32. The molecule has 6 heteroatoms. The largest absolute Gasteiger partial charge is 0.337 e. The van der Waals surface area contributed by atoms with Gasteiger partial charge in [-0.15, -0.1) is 11.8 Å². The van der Waals surface area contributed by atoms with Crippen LogP contribution in [0.25, 0.3) is 0 Å². The number of halogens is 1. The molecule has 1 N–H and O–H groups in total. The number of rotatable bonds is 3. The number of benzene rings is 2. The maximum absolute atomic E-state index is 13.7. The summed E-state index contributed by atoms with van der Waals surface area (Å²) in [5, 5.41) is 2.76. The van der Waals surface area contributed by atoms with Crippen molar-refractivity contribution < 1.29 is 14.0 Å². The summed E-state index contributed by atoms with van der Waals surface area (Å²) < 4.78 is 13.7. The van der Waals surface area contributed by atoms with Gasteiger partial charge in [-0.1, -0.05) is 18.2 Å². The maximum Gasteiger partial charge on any atom is 0.253 e. The highest BCUT2D eigenvalue weighted by atomic mass is 32.2. The minimum atomic E-state index is -0.332. The van der Waals surface area contributed by atoms with Gasteiger partial charge in [-0.2, -0.15) is 0 Å². The van der Waals surface area contributed by atoms with Gasteiger partial charge in [0.05, 0.1) is 11.4 Å². The van der Waals surface area contributed by atoms with Crippen molar-refractivity contribution in [3.63, 3.8) is 0 Å². The van der Waals surface area contributed by atoms with E-state index in [1.165, 1.54) is 22.7 Å². The zero-order valence-corrected chi connectivity index (χ0v) is 13.3. The zero-order valence-electron chi connectivity index (χ0n) is 12.5. The summed E-state index contributed by atoms with van der Waals surface area (Å²) in [6.45, 7) is 0.184. The minimum Gasteiger partial charge on any atom is -0.337 e. The van der Waals surface area contributed by atoms with E-state index in [1.807, 2.05) is 6.07 Å². The summed E-state index contributed by atoms with van der Waals surface area (Å²) in [6.07, 6.45) is 0. The Hall–Kier alpha value is -2.34. The molecular formula is C17H15FN2O2S. The fourth-order valence-electron chi connectivity index (χ4n) is 2.39. The lowest BCUT2D eigenvalue weighted by Crippen LogP contribution is -2.27. The van der Waals surface area contributed by atoms with Gasteiger partial charge in [0, 0.05) is 29.6 Å². The number of carbonyl (C=O) groups excluding carboxylic acids is 2. The quantitative estimate of drug-likeness (QED) is 0.940. The minimum absolute atomic E-state index is 0.0770. The normalized spacial score (nSPS) is 13.2. The number of amides is 2. The molecule has 2 aromatic carbocycles. The Kier molecular flexibility index (Phi) is 4.34. The van der Waals surface area contributed by atoms with E-state index < -0.39 is 0 Å². The van der Waals surface area contributed by atoms with Gasteiger partial charge < -0.3 is 10.2 Å². The predicted octanol–water partition coefficient (Wildman–Crippen LogP) is 3.14. The van der Waals surface area contributed by atoms with Crippen LogP contribution in [0.5, 0.6) is 0 Å². The van der Waals surface area contributed by atoms with Gasteiger partial charge in [-0.3, -0.25) is 9.59 Å². The molecule has 118 valence electrons. The van der Waals surface area contributed by atoms with Crippen molar-refractivity contribution in [2.45, 2.75) is 11.4 Å². The Bertz CT molecular complexity index is 779. The lowest BCUT2D eigenvalue weighted by molar-refractivity contribution is -0.113. The van der Waals surface area contributed by atoms with Crippen molar-refractivity contribution in [1.29, 1.82) is 0 Å². The molecule has 0 atom stereocenters. The summed E-state index contributed by atoms with van der Waals surface area (Å²) in [6, 6.07) is 11.6. The molecule has 0 unspecified atom stereocenters. The van der Waals surface area contributed by atoms with Crippen LogP contribution in [0.1, 0.15) is 15.9 Å². The lowest BCUT2D eigenvalue weighted by Gasteiger charge is -2.20. The number of thioether (sulfide) groups is 1. The van der Waals surface area contributed by atoms with Crippen LogP contribution >= 0.6 is 11.8 Å². The Balaban J connectivity index is 1.79. The number of nitrogens with zero attached hydrogens (tertiary/aromatic N) is 1. The first-order valence-corrected chi connectivity index (χ1v) is 8.09. The molecule has 0 aliphatic carbocycles. The summed E-state index contributed by atoms with van der Waals surface area (Å²) in [5.74, 6) is -0.248. The van der Waals surface area contributed by atoms with E-state index in [0.717, 1.165) is 4.90 Å². The average molecular weight is 330 g/mol. The van der Waals surface area contributed by atoms with Gasteiger partial charge in [0.25, 0.3) is 5.91 Å². The highest BCUT2D eigenvalue weighted by molar-refractivity contribution is 8.00.